The third-order valence-electron chi connectivity index (χ3n) is 3.33. The van der Waals surface area contributed by atoms with E-state index in [0.717, 1.165) is 17.4 Å². The van der Waals surface area contributed by atoms with Gasteiger partial charge in [0.25, 0.3) is 0 Å². The molecule has 3 heteroatoms. The lowest BCUT2D eigenvalue weighted by Crippen LogP contribution is -2.28. The second-order valence-electron chi connectivity index (χ2n) is 5.10. The molecule has 0 amide bonds. The summed E-state index contributed by atoms with van der Waals surface area (Å²) in [5.41, 5.74) is 0. The van der Waals surface area contributed by atoms with Gasteiger partial charge in [0.1, 0.15) is 4.32 Å². The minimum absolute atomic E-state index is 0.779. The lowest BCUT2D eigenvalue weighted by Gasteiger charge is -2.22. The molecule has 108 valence electrons. The maximum atomic E-state index is 5.21. The van der Waals surface area contributed by atoms with E-state index >= 15 is 0 Å². The molecule has 0 unspecified atom stereocenters. The van der Waals surface area contributed by atoms with E-state index in [4.69, 9.17) is 12.2 Å². The van der Waals surface area contributed by atoms with E-state index in [9.17, 15) is 0 Å². The Morgan fingerprint density at radius 1 is 0.778 bits per heavy atom. The van der Waals surface area contributed by atoms with Crippen LogP contribution in [0.15, 0.2) is 0 Å². The van der Waals surface area contributed by atoms with E-state index in [1.807, 2.05) is 0 Å². The summed E-state index contributed by atoms with van der Waals surface area (Å²) >= 11 is 9.55. The van der Waals surface area contributed by atoms with Gasteiger partial charge in [0.05, 0.1) is 0 Å². The molecule has 1 nitrogen and oxygen atoms in total. The second-order valence-corrected chi connectivity index (χ2v) is 6.21. The van der Waals surface area contributed by atoms with Crippen LogP contribution in [0.5, 0.6) is 0 Å². The molecule has 0 aromatic rings. The fraction of sp³-hybridized carbons (Fsp3) is 0.933. The Morgan fingerprint density at radius 3 is 1.50 bits per heavy atom. The molecule has 0 rings (SSSR count). The van der Waals surface area contributed by atoms with Crippen LogP contribution >= 0.6 is 24.8 Å². The first-order valence-corrected chi connectivity index (χ1v) is 8.55. The molecule has 0 N–H and O–H groups in total. The highest BCUT2D eigenvalue weighted by atomic mass is 32.1. The molecule has 0 aliphatic rings. The molecule has 0 fully saturated rings. The Balaban J connectivity index is 3.56. The monoisotopic (exact) mass is 289 g/mol. The molecule has 0 radical (unpaired) electrons. The van der Waals surface area contributed by atoms with Crippen LogP contribution in [0.1, 0.15) is 78.1 Å². The maximum absolute atomic E-state index is 5.21. The van der Waals surface area contributed by atoms with Gasteiger partial charge in [-0.25, -0.2) is 0 Å². The average molecular weight is 290 g/mol. The number of hydrogen-bond acceptors (Lipinski definition) is 1. The van der Waals surface area contributed by atoms with Crippen molar-refractivity contribution in [2.24, 2.45) is 0 Å². The summed E-state index contributed by atoms with van der Waals surface area (Å²) in [5.74, 6) is 0. The molecule has 0 saturated carbocycles. The van der Waals surface area contributed by atoms with E-state index in [1.165, 1.54) is 64.2 Å². The number of rotatable bonds is 12. The van der Waals surface area contributed by atoms with Gasteiger partial charge in [0, 0.05) is 13.1 Å². The zero-order chi connectivity index (χ0) is 13.6. The summed E-state index contributed by atoms with van der Waals surface area (Å²) in [6, 6.07) is 0. The van der Waals surface area contributed by atoms with Crippen LogP contribution in [0.3, 0.4) is 0 Å². The molecule has 0 aliphatic carbocycles. The lowest BCUT2D eigenvalue weighted by atomic mass is 10.1. The van der Waals surface area contributed by atoms with Crippen LogP contribution in [-0.2, 0) is 0 Å². The van der Waals surface area contributed by atoms with E-state index < -0.39 is 0 Å². The molecule has 0 aromatic carbocycles. The van der Waals surface area contributed by atoms with Gasteiger partial charge in [-0.15, -0.1) is 12.6 Å². The highest BCUT2D eigenvalue weighted by Crippen LogP contribution is 2.09. The van der Waals surface area contributed by atoms with E-state index in [-0.39, 0.29) is 0 Å². The van der Waals surface area contributed by atoms with Crippen molar-refractivity contribution >= 4 is 29.2 Å². The van der Waals surface area contributed by atoms with Gasteiger partial charge in [-0.1, -0.05) is 77.4 Å². The summed E-state index contributed by atoms with van der Waals surface area (Å²) in [5, 5.41) is 0. The minimum atomic E-state index is 0.779. The molecule has 0 spiro atoms. The van der Waals surface area contributed by atoms with Crippen molar-refractivity contribution in [3.8, 4) is 0 Å². The number of unbranched alkanes of at least 4 members (excludes halogenated alkanes) is 8. The first kappa shape index (κ1) is 18.2. The normalized spacial score (nSPS) is 10.6. The van der Waals surface area contributed by atoms with Crippen molar-refractivity contribution in [2.45, 2.75) is 78.1 Å². The molecule has 0 aliphatic heterocycles. The van der Waals surface area contributed by atoms with Gasteiger partial charge in [-0.05, 0) is 12.8 Å². The Labute approximate surface area is 125 Å². The summed E-state index contributed by atoms with van der Waals surface area (Å²) in [6.07, 6.45) is 13.3. The lowest BCUT2D eigenvalue weighted by molar-refractivity contribution is 0.396. The maximum Gasteiger partial charge on any atom is 0.133 e. The first-order chi connectivity index (χ1) is 8.72. The SMILES string of the molecule is CCCCCCCN(CCCCCCC)C(=S)S. The number of thiol groups is 1. The Bertz CT molecular complexity index is 181. The van der Waals surface area contributed by atoms with E-state index in [1.54, 1.807) is 0 Å². The molecule has 0 aromatic heterocycles. The van der Waals surface area contributed by atoms with Crippen LogP contribution in [0.4, 0.5) is 0 Å². The molecule has 0 saturated heterocycles. The highest BCUT2D eigenvalue weighted by molar-refractivity contribution is 8.10. The van der Waals surface area contributed by atoms with Crippen molar-refractivity contribution in [1.82, 2.24) is 4.90 Å². The molecular formula is C15H31NS2. The third-order valence-corrected chi connectivity index (χ3v) is 3.87. The Morgan fingerprint density at radius 2 is 1.17 bits per heavy atom. The van der Waals surface area contributed by atoms with Gasteiger partial charge in [-0.3, -0.25) is 0 Å². The van der Waals surface area contributed by atoms with Crippen LogP contribution < -0.4 is 0 Å². The van der Waals surface area contributed by atoms with Crippen LogP contribution in [-0.4, -0.2) is 22.3 Å². The van der Waals surface area contributed by atoms with Gasteiger partial charge >= 0.3 is 0 Å². The Kier molecular flexibility index (Phi) is 13.8. The molecule has 0 heterocycles. The summed E-state index contributed by atoms with van der Waals surface area (Å²) in [6.45, 7) is 6.70. The second kappa shape index (κ2) is 13.7. The third kappa shape index (κ3) is 11.3. The Hall–Kier alpha value is 0.240. The van der Waals surface area contributed by atoms with Crippen LogP contribution in [0.2, 0.25) is 0 Å². The smallest absolute Gasteiger partial charge is 0.133 e. The fourth-order valence-corrected chi connectivity index (χ4v) is 2.50. The largest absolute Gasteiger partial charge is 0.358 e. The van der Waals surface area contributed by atoms with Crippen molar-refractivity contribution in [2.75, 3.05) is 13.1 Å². The number of hydrogen-bond donors (Lipinski definition) is 1. The first-order valence-electron chi connectivity index (χ1n) is 7.70. The average Bonchev–Trinajstić information content (AvgIpc) is 2.35. The zero-order valence-corrected chi connectivity index (χ0v) is 14.0. The van der Waals surface area contributed by atoms with Crippen LogP contribution in [0, 0.1) is 0 Å². The van der Waals surface area contributed by atoms with Crippen molar-refractivity contribution in [1.29, 1.82) is 0 Å². The quantitative estimate of drug-likeness (QED) is 0.289. The van der Waals surface area contributed by atoms with Crippen molar-refractivity contribution in [3.63, 3.8) is 0 Å². The van der Waals surface area contributed by atoms with Gasteiger partial charge in [0.2, 0.25) is 0 Å². The van der Waals surface area contributed by atoms with E-state index in [0.29, 0.717) is 0 Å². The molecule has 0 bridgehead atoms. The standard InChI is InChI=1S/C15H31NS2/c1-3-5-7-9-11-13-16(15(17)18)14-12-10-8-6-4-2/h3-14H2,1-2H3,(H,17,18). The molecule has 18 heavy (non-hydrogen) atoms. The summed E-state index contributed by atoms with van der Waals surface area (Å²) in [7, 11) is 0. The van der Waals surface area contributed by atoms with Gasteiger partial charge in [-0.2, -0.15) is 0 Å². The zero-order valence-electron chi connectivity index (χ0n) is 12.3. The summed E-state index contributed by atoms with van der Waals surface area (Å²) < 4.78 is 0.779. The molecule has 0 atom stereocenters. The van der Waals surface area contributed by atoms with Crippen molar-refractivity contribution < 1.29 is 0 Å². The predicted molar refractivity (Wildman–Crippen MR) is 90.7 cm³/mol. The van der Waals surface area contributed by atoms with Gasteiger partial charge < -0.3 is 4.90 Å². The predicted octanol–water partition coefficient (Wildman–Crippen LogP) is 5.44. The molecular weight excluding hydrogens is 258 g/mol. The minimum Gasteiger partial charge on any atom is -0.358 e. The summed E-state index contributed by atoms with van der Waals surface area (Å²) in [4.78, 5) is 2.27. The fourth-order valence-electron chi connectivity index (χ4n) is 2.12. The number of thiocarbonyl (C=S) groups is 1. The van der Waals surface area contributed by atoms with E-state index in [2.05, 4.69) is 31.4 Å². The van der Waals surface area contributed by atoms with Crippen LogP contribution in [0.25, 0.3) is 0 Å². The number of nitrogens with zero attached hydrogens (tertiary/aromatic N) is 1. The van der Waals surface area contributed by atoms with Crippen molar-refractivity contribution in [3.05, 3.63) is 0 Å². The highest BCUT2D eigenvalue weighted by Gasteiger charge is 2.05. The van der Waals surface area contributed by atoms with Gasteiger partial charge in [0.15, 0.2) is 0 Å². The topological polar surface area (TPSA) is 3.24 Å².